The molecule has 0 aliphatic heterocycles. The molecular weight excluding hydrogens is 148 g/mol. The molecule has 0 aromatic rings. The van der Waals surface area contributed by atoms with Crippen molar-refractivity contribution >= 4 is 0 Å². The Morgan fingerprint density at radius 3 is 2.58 bits per heavy atom. The van der Waals surface area contributed by atoms with E-state index < -0.39 is 0 Å². The van der Waals surface area contributed by atoms with Crippen molar-refractivity contribution in [1.29, 1.82) is 0 Å². The average Bonchev–Trinajstić information content (AvgIpc) is 2.77. The van der Waals surface area contributed by atoms with Gasteiger partial charge in [-0.2, -0.15) is 0 Å². The zero-order valence-electron chi connectivity index (χ0n) is 8.05. The molecule has 1 N–H and O–H groups in total. The van der Waals surface area contributed by atoms with Crippen LogP contribution in [0.5, 0.6) is 0 Å². The Bertz CT molecular complexity index is 158. The molecular formula is C11H20O. The summed E-state index contributed by atoms with van der Waals surface area (Å²) in [6.07, 6.45) is 9.02. The predicted octanol–water partition coefficient (Wildman–Crippen LogP) is 2.73. The maximum atomic E-state index is 10.1. The van der Waals surface area contributed by atoms with Crippen LogP contribution in [0, 0.1) is 11.8 Å². The first-order chi connectivity index (χ1) is 5.68. The second-order valence-electron chi connectivity index (χ2n) is 4.98. The van der Waals surface area contributed by atoms with Gasteiger partial charge < -0.3 is 5.11 Å². The highest BCUT2D eigenvalue weighted by atomic mass is 16.3. The number of aliphatic hydroxyl groups is 1. The highest BCUT2D eigenvalue weighted by Gasteiger charge is 2.37. The zero-order chi connectivity index (χ0) is 8.60. The van der Waals surface area contributed by atoms with Crippen LogP contribution in [0.1, 0.15) is 51.9 Å². The van der Waals surface area contributed by atoms with Crippen molar-refractivity contribution in [2.75, 3.05) is 0 Å². The second-order valence-corrected chi connectivity index (χ2v) is 4.98. The topological polar surface area (TPSA) is 20.2 Å². The monoisotopic (exact) mass is 168 g/mol. The van der Waals surface area contributed by atoms with Gasteiger partial charge in [0.1, 0.15) is 0 Å². The van der Waals surface area contributed by atoms with Crippen LogP contribution in [-0.4, -0.2) is 10.7 Å². The van der Waals surface area contributed by atoms with Crippen LogP contribution in [0.15, 0.2) is 0 Å². The van der Waals surface area contributed by atoms with Gasteiger partial charge >= 0.3 is 0 Å². The SMILES string of the molecule is C[C@@]1(O)CCCC[C@H]1CC1CC1. The van der Waals surface area contributed by atoms with E-state index in [-0.39, 0.29) is 5.60 Å². The van der Waals surface area contributed by atoms with E-state index in [9.17, 15) is 5.11 Å². The quantitative estimate of drug-likeness (QED) is 0.672. The van der Waals surface area contributed by atoms with E-state index in [4.69, 9.17) is 0 Å². The van der Waals surface area contributed by atoms with E-state index in [0.717, 1.165) is 12.3 Å². The molecule has 12 heavy (non-hydrogen) atoms. The molecule has 2 atom stereocenters. The van der Waals surface area contributed by atoms with Crippen LogP contribution in [0.2, 0.25) is 0 Å². The second kappa shape index (κ2) is 3.02. The Hall–Kier alpha value is -0.0400. The number of hydrogen-bond acceptors (Lipinski definition) is 1. The predicted molar refractivity (Wildman–Crippen MR) is 49.9 cm³/mol. The van der Waals surface area contributed by atoms with Crippen LogP contribution >= 0.6 is 0 Å². The molecule has 2 saturated carbocycles. The maximum Gasteiger partial charge on any atom is 0.0647 e. The van der Waals surface area contributed by atoms with Gasteiger partial charge in [0.2, 0.25) is 0 Å². The van der Waals surface area contributed by atoms with Gasteiger partial charge in [-0.3, -0.25) is 0 Å². The summed E-state index contributed by atoms with van der Waals surface area (Å²) in [6, 6.07) is 0. The Morgan fingerprint density at radius 2 is 2.00 bits per heavy atom. The largest absolute Gasteiger partial charge is 0.390 e. The molecule has 0 heterocycles. The fraction of sp³-hybridized carbons (Fsp3) is 1.00. The van der Waals surface area contributed by atoms with Gasteiger partial charge in [-0.15, -0.1) is 0 Å². The molecule has 0 bridgehead atoms. The lowest BCUT2D eigenvalue weighted by molar-refractivity contribution is -0.0369. The molecule has 2 fully saturated rings. The number of rotatable bonds is 2. The molecule has 2 aliphatic rings. The summed E-state index contributed by atoms with van der Waals surface area (Å²) in [5.74, 6) is 1.58. The fourth-order valence-electron chi connectivity index (χ4n) is 2.52. The fourth-order valence-corrected chi connectivity index (χ4v) is 2.52. The Balaban J connectivity index is 1.90. The highest BCUT2D eigenvalue weighted by Crippen LogP contribution is 2.43. The summed E-state index contributed by atoms with van der Waals surface area (Å²) in [6.45, 7) is 2.04. The van der Waals surface area contributed by atoms with Crippen LogP contribution in [0.4, 0.5) is 0 Å². The zero-order valence-corrected chi connectivity index (χ0v) is 8.05. The molecule has 0 aromatic heterocycles. The van der Waals surface area contributed by atoms with Crippen molar-refractivity contribution < 1.29 is 5.11 Å². The van der Waals surface area contributed by atoms with Crippen molar-refractivity contribution in [3.63, 3.8) is 0 Å². The van der Waals surface area contributed by atoms with Gasteiger partial charge in [-0.1, -0.05) is 25.7 Å². The van der Waals surface area contributed by atoms with Gasteiger partial charge in [0.25, 0.3) is 0 Å². The highest BCUT2D eigenvalue weighted by molar-refractivity contribution is 4.89. The minimum Gasteiger partial charge on any atom is -0.390 e. The van der Waals surface area contributed by atoms with Crippen LogP contribution in [0.3, 0.4) is 0 Å². The van der Waals surface area contributed by atoms with E-state index in [1.54, 1.807) is 0 Å². The van der Waals surface area contributed by atoms with Gasteiger partial charge in [0.15, 0.2) is 0 Å². The lowest BCUT2D eigenvalue weighted by Gasteiger charge is -2.37. The molecule has 2 aliphatic carbocycles. The van der Waals surface area contributed by atoms with E-state index in [0.29, 0.717) is 5.92 Å². The van der Waals surface area contributed by atoms with Crippen molar-refractivity contribution in [2.45, 2.75) is 57.5 Å². The first-order valence-corrected chi connectivity index (χ1v) is 5.41. The van der Waals surface area contributed by atoms with Crippen LogP contribution < -0.4 is 0 Å². The Labute approximate surface area is 75.2 Å². The van der Waals surface area contributed by atoms with E-state index in [2.05, 4.69) is 0 Å². The summed E-state index contributed by atoms with van der Waals surface area (Å²) in [5, 5.41) is 10.1. The standard InChI is InChI=1S/C11H20O/c1-11(12)7-3-2-4-10(11)8-9-5-6-9/h9-10,12H,2-8H2,1H3/t10-,11+/m0/s1. The van der Waals surface area contributed by atoms with Crippen molar-refractivity contribution in [2.24, 2.45) is 11.8 Å². The molecule has 0 radical (unpaired) electrons. The first kappa shape index (κ1) is 8.55. The minimum absolute atomic E-state index is 0.332. The molecule has 2 rings (SSSR count). The lowest BCUT2D eigenvalue weighted by Crippen LogP contribution is -2.37. The minimum atomic E-state index is -0.332. The van der Waals surface area contributed by atoms with Crippen LogP contribution in [-0.2, 0) is 0 Å². The maximum absolute atomic E-state index is 10.1. The molecule has 0 saturated heterocycles. The summed E-state index contributed by atoms with van der Waals surface area (Å²) in [5.41, 5.74) is -0.332. The molecule has 0 amide bonds. The summed E-state index contributed by atoms with van der Waals surface area (Å²) in [4.78, 5) is 0. The van der Waals surface area contributed by atoms with Crippen molar-refractivity contribution in [3.05, 3.63) is 0 Å². The van der Waals surface area contributed by atoms with Gasteiger partial charge in [-0.05, 0) is 38.0 Å². The summed E-state index contributed by atoms with van der Waals surface area (Å²) in [7, 11) is 0. The third-order valence-electron chi connectivity index (χ3n) is 3.68. The normalized spacial score (nSPS) is 43.0. The van der Waals surface area contributed by atoms with E-state index in [1.807, 2.05) is 6.92 Å². The third kappa shape index (κ3) is 1.82. The number of hydrogen-bond donors (Lipinski definition) is 1. The molecule has 0 unspecified atom stereocenters. The van der Waals surface area contributed by atoms with E-state index >= 15 is 0 Å². The van der Waals surface area contributed by atoms with Gasteiger partial charge in [0.05, 0.1) is 5.60 Å². The molecule has 0 aromatic carbocycles. The lowest BCUT2D eigenvalue weighted by atomic mass is 9.74. The smallest absolute Gasteiger partial charge is 0.0647 e. The van der Waals surface area contributed by atoms with E-state index in [1.165, 1.54) is 38.5 Å². The molecule has 1 heteroatoms. The average molecular weight is 168 g/mol. The van der Waals surface area contributed by atoms with Gasteiger partial charge in [-0.25, -0.2) is 0 Å². The summed E-state index contributed by atoms with van der Waals surface area (Å²) < 4.78 is 0. The molecule has 70 valence electrons. The van der Waals surface area contributed by atoms with Gasteiger partial charge in [0, 0.05) is 0 Å². The van der Waals surface area contributed by atoms with Crippen molar-refractivity contribution in [1.82, 2.24) is 0 Å². The third-order valence-corrected chi connectivity index (χ3v) is 3.68. The molecule has 0 spiro atoms. The van der Waals surface area contributed by atoms with Crippen LogP contribution in [0.25, 0.3) is 0 Å². The Morgan fingerprint density at radius 1 is 1.25 bits per heavy atom. The van der Waals surface area contributed by atoms with Crippen molar-refractivity contribution in [3.8, 4) is 0 Å². The summed E-state index contributed by atoms with van der Waals surface area (Å²) >= 11 is 0. The molecule has 1 nitrogen and oxygen atoms in total. The first-order valence-electron chi connectivity index (χ1n) is 5.41. The Kier molecular flexibility index (Phi) is 2.16.